The lowest BCUT2D eigenvalue weighted by atomic mass is 9.80. The molecule has 1 aliphatic rings. The number of benzene rings is 1. The summed E-state index contributed by atoms with van der Waals surface area (Å²) in [6.45, 7) is 4.33. The Labute approximate surface area is 126 Å². The number of fused-ring (bicyclic) bond motifs is 1. The highest BCUT2D eigenvalue weighted by atomic mass is 16.4. The lowest BCUT2D eigenvalue weighted by molar-refractivity contribution is 0.278. The van der Waals surface area contributed by atoms with Gasteiger partial charge < -0.3 is 4.42 Å². The van der Waals surface area contributed by atoms with Crippen molar-refractivity contribution in [3.05, 3.63) is 45.8 Å². The van der Waals surface area contributed by atoms with E-state index in [4.69, 9.17) is 4.42 Å². The van der Waals surface area contributed by atoms with Gasteiger partial charge in [-0.2, -0.15) is 0 Å². The minimum Gasteiger partial charge on any atom is -0.423 e. The molecule has 112 valence electrons. The third-order valence-corrected chi connectivity index (χ3v) is 4.99. The van der Waals surface area contributed by atoms with E-state index < -0.39 is 0 Å². The standard InChI is InChI=1S/C19H24O2/c1-13-3-5-15(6-4-13)7-8-16-9-10-17-14(2)11-19(20)21-18(17)12-16/h9-13,15H,3-8H2,1-2H3. The normalized spacial score (nSPS) is 22.6. The van der Waals surface area contributed by atoms with Crippen LogP contribution in [0.2, 0.25) is 0 Å². The van der Waals surface area contributed by atoms with Crippen LogP contribution in [-0.4, -0.2) is 0 Å². The summed E-state index contributed by atoms with van der Waals surface area (Å²) < 4.78 is 5.33. The molecule has 0 amide bonds. The molecule has 1 aromatic carbocycles. The first-order chi connectivity index (χ1) is 10.1. The first kappa shape index (κ1) is 14.4. The Balaban J connectivity index is 1.71. The van der Waals surface area contributed by atoms with Crippen LogP contribution in [0, 0.1) is 18.8 Å². The zero-order chi connectivity index (χ0) is 14.8. The van der Waals surface area contributed by atoms with E-state index in [2.05, 4.69) is 25.1 Å². The second-order valence-corrected chi connectivity index (χ2v) is 6.74. The molecular weight excluding hydrogens is 260 g/mol. The third-order valence-electron chi connectivity index (χ3n) is 4.99. The molecule has 1 aromatic heterocycles. The van der Waals surface area contributed by atoms with Crippen LogP contribution in [0.15, 0.2) is 33.5 Å². The summed E-state index contributed by atoms with van der Waals surface area (Å²) in [6.07, 6.45) is 7.87. The molecule has 0 atom stereocenters. The smallest absolute Gasteiger partial charge is 0.336 e. The molecule has 0 unspecified atom stereocenters. The molecule has 2 nitrogen and oxygen atoms in total. The minimum absolute atomic E-state index is 0.251. The van der Waals surface area contributed by atoms with Crippen LogP contribution < -0.4 is 5.63 Å². The molecular formula is C19H24O2. The SMILES string of the molecule is Cc1cc(=O)oc2cc(CCC3CCC(C)CC3)ccc12. The molecule has 0 aliphatic heterocycles. The molecule has 2 aromatic rings. The van der Waals surface area contributed by atoms with Crippen molar-refractivity contribution in [3.8, 4) is 0 Å². The van der Waals surface area contributed by atoms with E-state index in [1.165, 1.54) is 37.7 Å². The topological polar surface area (TPSA) is 30.2 Å². The average Bonchev–Trinajstić information content (AvgIpc) is 2.46. The Kier molecular flexibility index (Phi) is 4.14. The molecule has 0 N–H and O–H groups in total. The Morgan fingerprint density at radius 3 is 2.67 bits per heavy atom. The highest BCUT2D eigenvalue weighted by Crippen LogP contribution is 2.31. The Morgan fingerprint density at radius 2 is 1.90 bits per heavy atom. The molecule has 0 bridgehead atoms. The van der Waals surface area contributed by atoms with Gasteiger partial charge in [0.25, 0.3) is 0 Å². The van der Waals surface area contributed by atoms with Gasteiger partial charge in [0.15, 0.2) is 0 Å². The van der Waals surface area contributed by atoms with Gasteiger partial charge in [-0.25, -0.2) is 4.79 Å². The zero-order valence-electron chi connectivity index (χ0n) is 13.0. The molecule has 1 aliphatic carbocycles. The van der Waals surface area contributed by atoms with Crippen LogP contribution in [0.1, 0.15) is 50.2 Å². The monoisotopic (exact) mass is 284 g/mol. The predicted molar refractivity (Wildman–Crippen MR) is 86.7 cm³/mol. The maximum absolute atomic E-state index is 11.5. The largest absolute Gasteiger partial charge is 0.423 e. The van der Waals surface area contributed by atoms with Gasteiger partial charge in [0, 0.05) is 11.5 Å². The molecule has 1 saturated carbocycles. The van der Waals surface area contributed by atoms with Crippen LogP contribution in [0.25, 0.3) is 11.0 Å². The van der Waals surface area contributed by atoms with Gasteiger partial charge in [0.2, 0.25) is 0 Å². The summed E-state index contributed by atoms with van der Waals surface area (Å²) in [7, 11) is 0. The third kappa shape index (κ3) is 3.37. The molecule has 3 rings (SSSR count). The fraction of sp³-hybridized carbons (Fsp3) is 0.526. The number of rotatable bonds is 3. The lowest BCUT2D eigenvalue weighted by Gasteiger charge is -2.26. The molecule has 0 saturated heterocycles. The van der Waals surface area contributed by atoms with E-state index in [1.54, 1.807) is 6.07 Å². The van der Waals surface area contributed by atoms with Crippen LogP contribution in [0.5, 0.6) is 0 Å². The van der Waals surface area contributed by atoms with Gasteiger partial charge in [-0.05, 0) is 48.8 Å². The number of hydrogen-bond acceptors (Lipinski definition) is 2. The first-order valence-electron chi connectivity index (χ1n) is 8.15. The fourth-order valence-electron chi connectivity index (χ4n) is 3.51. The van der Waals surface area contributed by atoms with E-state index in [-0.39, 0.29) is 5.63 Å². The van der Waals surface area contributed by atoms with Crippen LogP contribution >= 0.6 is 0 Å². The molecule has 0 radical (unpaired) electrons. The zero-order valence-corrected chi connectivity index (χ0v) is 13.0. The summed E-state index contributed by atoms with van der Waals surface area (Å²) in [5.74, 6) is 1.79. The lowest BCUT2D eigenvalue weighted by Crippen LogP contribution is -2.12. The Hall–Kier alpha value is -1.57. The van der Waals surface area contributed by atoms with Crippen molar-refractivity contribution in [2.75, 3.05) is 0 Å². The fourth-order valence-corrected chi connectivity index (χ4v) is 3.51. The van der Waals surface area contributed by atoms with Gasteiger partial charge in [-0.15, -0.1) is 0 Å². The van der Waals surface area contributed by atoms with Gasteiger partial charge in [-0.1, -0.05) is 44.7 Å². The predicted octanol–water partition coefficient (Wildman–Crippen LogP) is 4.86. The molecule has 0 spiro atoms. The molecule has 1 heterocycles. The van der Waals surface area contributed by atoms with Crippen molar-refractivity contribution in [1.82, 2.24) is 0 Å². The summed E-state index contributed by atoms with van der Waals surface area (Å²) in [4.78, 5) is 11.5. The average molecular weight is 284 g/mol. The highest BCUT2D eigenvalue weighted by molar-refractivity contribution is 5.80. The van der Waals surface area contributed by atoms with E-state index >= 15 is 0 Å². The second kappa shape index (κ2) is 6.05. The van der Waals surface area contributed by atoms with E-state index in [1.807, 2.05) is 6.92 Å². The van der Waals surface area contributed by atoms with Crippen molar-refractivity contribution in [2.45, 2.75) is 52.4 Å². The van der Waals surface area contributed by atoms with Crippen molar-refractivity contribution < 1.29 is 4.42 Å². The Morgan fingerprint density at radius 1 is 1.14 bits per heavy atom. The van der Waals surface area contributed by atoms with E-state index in [9.17, 15) is 4.79 Å². The molecule has 2 heteroatoms. The number of hydrogen-bond donors (Lipinski definition) is 0. The van der Waals surface area contributed by atoms with Crippen molar-refractivity contribution in [1.29, 1.82) is 0 Å². The molecule has 1 fully saturated rings. The summed E-state index contributed by atoms with van der Waals surface area (Å²) in [5.41, 5.74) is 2.76. The van der Waals surface area contributed by atoms with E-state index in [0.717, 1.165) is 34.8 Å². The summed E-state index contributed by atoms with van der Waals surface area (Å²) >= 11 is 0. The minimum atomic E-state index is -0.251. The summed E-state index contributed by atoms with van der Waals surface area (Å²) in [5, 5.41) is 1.05. The van der Waals surface area contributed by atoms with Gasteiger partial charge in [0.05, 0.1) is 0 Å². The number of aryl methyl sites for hydroxylation is 2. The van der Waals surface area contributed by atoms with Crippen LogP contribution in [-0.2, 0) is 6.42 Å². The van der Waals surface area contributed by atoms with Crippen LogP contribution in [0.4, 0.5) is 0 Å². The van der Waals surface area contributed by atoms with Crippen LogP contribution in [0.3, 0.4) is 0 Å². The van der Waals surface area contributed by atoms with Crippen molar-refractivity contribution in [2.24, 2.45) is 11.8 Å². The quantitative estimate of drug-likeness (QED) is 0.753. The first-order valence-corrected chi connectivity index (χ1v) is 8.15. The van der Waals surface area contributed by atoms with Gasteiger partial charge >= 0.3 is 5.63 Å². The second-order valence-electron chi connectivity index (χ2n) is 6.74. The maximum atomic E-state index is 11.5. The van der Waals surface area contributed by atoms with E-state index in [0.29, 0.717) is 0 Å². The molecule has 21 heavy (non-hydrogen) atoms. The van der Waals surface area contributed by atoms with Gasteiger partial charge in [-0.3, -0.25) is 0 Å². The highest BCUT2D eigenvalue weighted by Gasteiger charge is 2.17. The van der Waals surface area contributed by atoms with Crippen molar-refractivity contribution in [3.63, 3.8) is 0 Å². The summed E-state index contributed by atoms with van der Waals surface area (Å²) in [6, 6.07) is 7.88. The van der Waals surface area contributed by atoms with Gasteiger partial charge in [0.1, 0.15) is 5.58 Å². The Bertz CT molecular complexity index is 676. The maximum Gasteiger partial charge on any atom is 0.336 e. The van der Waals surface area contributed by atoms with Crippen molar-refractivity contribution >= 4 is 11.0 Å².